The van der Waals surface area contributed by atoms with Gasteiger partial charge in [-0.1, -0.05) is 48.5 Å². The number of alkyl halides is 3. The number of carbonyl (C=O) groups is 5. The zero-order valence-electron chi connectivity index (χ0n) is 29.2. The first-order valence-corrected chi connectivity index (χ1v) is 17.0. The van der Waals surface area contributed by atoms with Crippen LogP contribution in [0.25, 0.3) is 11.1 Å². The van der Waals surface area contributed by atoms with Gasteiger partial charge in [0.05, 0.1) is 34.5 Å². The van der Waals surface area contributed by atoms with Gasteiger partial charge >= 0.3 is 18.1 Å². The lowest BCUT2D eigenvalue weighted by atomic mass is 9.94. The predicted molar refractivity (Wildman–Crippen MR) is 190 cm³/mol. The average molecular weight is 730 g/mol. The topological polar surface area (TPSA) is 122 Å². The summed E-state index contributed by atoms with van der Waals surface area (Å²) in [5.41, 5.74) is -0.161. The third-order valence-corrected chi connectivity index (χ3v) is 8.58. The minimum atomic E-state index is -4.82. The maximum atomic E-state index is 14.1. The number of aryl methyl sites for hydroxylation is 1. The van der Waals surface area contributed by atoms with Crippen molar-refractivity contribution in [2.24, 2.45) is 0 Å². The van der Waals surface area contributed by atoms with E-state index >= 15 is 0 Å². The molecule has 0 bridgehead atoms. The lowest BCUT2D eigenvalue weighted by molar-refractivity contribution is -0.138. The quantitative estimate of drug-likeness (QED) is 0.116. The normalized spacial score (nSPS) is 12.7. The predicted octanol–water partition coefficient (Wildman–Crippen LogP) is 7.03. The maximum Gasteiger partial charge on any atom is 0.417 e. The first kappa shape index (κ1) is 38.3. The van der Waals surface area contributed by atoms with E-state index < -0.39 is 41.1 Å². The Labute approximate surface area is 304 Å². The molecule has 1 aliphatic rings. The third kappa shape index (κ3) is 9.88. The molecule has 0 atom stereocenters. The van der Waals surface area contributed by atoms with Gasteiger partial charge in [0.1, 0.15) is 12.4 Å². The van der Waals surface area contributed by atoms with Gasteiger partial charge in [0.15, 0.2) is 0 Å². The van der Waals surface area contributed by atoms with Crippen LogP contribution < -0.4 is 10.1 Å². The minimum absolute atomic E-state index is 0.0188. The van der Waals surface area contributed by atoms with Gasteiger partial charge in [-0.2, -0.15) is 13.2 Å². The number of nitrogens with zero attached hydrogens (tertiary/aromatic N) is 2. The van der Waals surface area contributed by atoms with Crippen LogP contribution in [0.3, 0.4) is 0 Å². The number of benzene rings is 4. The smallest absolute Gasteiger partial charge is 0.417 e. The van der Waals surface area contributed by atoms with E-state index in [4.69, 9.17) is 9.47 Å². The summed E-state index contributed by atoms with van der Waals surface area (Å²) in [7, 11) is 3.02. The summed E-state index contributed by atoms with van der Waals surface area (Å²) in [6, 6.07) is 22.3. The zero-order valence-corrected chi connectivity index (χ0v) is 29.2. The van der Waals surface area contributed by atoms with Crippen LogP contribution in [-0.4, -0.2) is 73.3 Å². The van der Waals surface area contributed by atoms with Gasteiger partial charge in [0.25, 0.3) is 11.8 Å². The molecule has 1 N–H and O–H groups in total. The number of esters is 2. The van der Waals surface area contributed by atoms with Crippen LogP contribution in [0.4, 0.5) is 18.9 Å². The Morgan fingerprint density at radius 2 is 1.64 bits per heavy atom. The van der Waals surface area contributed by atoms with Crippen molar-refractivity contribution in [2.45, 2.75) is 38.3 Å². The van der Waals surface area contributed by atoms with Crippen molar-refractivity contribution < 1.29 is 46.6 Å². The number of carbonyl (C=O) groups excluding carboxylic acids is 5. The molecule has 53 heavy (non-hydrogen) atoms. The van der Waals surface area contributed by atoms with E-state index in [2.05, 4.69) is 5.32 Å². The number of amides is 3. The molecule has 1 aliphatic heterocycles. The Morgan fingerprint density at radius 1 is 0.906 bits per heavy atom. The van der Waals surface area contributed by atoms with Crippen LogP contribution in [0.2, 0.25) is 0 Å². The number of hydrogen-bond donors (Lipinski definition) is 1. The molecule has 10 nitrogen and oxygen atoms in total. The fourth-order valence-corrected chi connectivity index (χ4v) is 5.90. The molecule has 0 saturated carbocycles. The molecule has 0 spiro atoms. The van der Waals surface area contributed by atoms with E-state index in [1.807, 2.05) is 0 Å². The summed E-state index contributed by atoms with van der Waals surface area (Å²) in [6.45, 7) is 1.07. The van der Waals surface area contributed by atoms with Crippen molar-refractivity contribution in [1.82, 2.24) is 9.80 Å². The van der Waals surface area contributed by atoms with Gasteiger partial charge in [-0.15, -0.1) is 0 Å². The second-order valence-corrected chi connectivity index (χ2v) is 12.6. The molecule has 4 aromatic rings. The molecule has 0 aromatic heterocycles. The molecular formula is C40H38F3N3O7. The molecule has 5 rings (SSSR count). The molecule has 0 aliphatic carbocycles. The number of halogens is 3. The van der Waals surface area contributed by atoms with Crippen LogP contribution in [0, 0.1) is 0 Å². The van der Waals surface area contributed by atoms with Gasteiger partial charge in [-0.05, 0) is 78.4 Å². The van der Waals surface area contributed by atoms with Crippen molar-refractivity contribution >= 4 is 35.3 Å². The highest BCUT2D eigenvalue weighted by Gasteiger charge is 2.37. The van der Waals surface area contributed by atoms with Gasteiger partial charge in [0, 0.05) is 33.5 Å². The van der Waals surface area contributed by atoms with Crippen LogP contribution in [0.15, 0.2) is 91.0 Å². The molecule has 1 fully saturated rings. The van der Waals surface area contributed by atoms with Gasteiger partial charge in [-0.3, -0.25) is 19.2 Å². The second-order valence-electron chi connectivity index (χ2n) is 12.6. The van der Waals surface area contributed by atoms with Crippen LogP contribution in [-0.2, 0) is 26.9 Å². The van der Waals surface area contributed by atoms with Crippen molar-refractivity contribution in [3.8, 4) is 16.9 Å². The highest BCUT2D eigenvalue weighted by molar-refractivity contribution is 6.12. The largest absolute Gasteiger partial charge is 0.460 e. The Kier molecular flexibility index (Phi) is 12.3. The zero-order chi connectivity index (χ0) is 38.1. The number of rotatable bonds is 13. The van der Waals surface area contributed by atoms with Crippen molar-refractivity contribution in [3.05, 3.63) is 119 Å². The Bertz CT molecular complexity index is 1980. The number of hydrogen-bond acceptors (Lipinski definition) is 7. The number of anilines is 1. The fourth-order valence-electron chi connectivity index (χ4n) is 5.90. The highest BCUT2D eigenvalue weighted by Crippen LogP contribution is 2.37. The summed E-state index contributed by atoms with van der Waals surface area (Å²) < 4.78 is 53.1. The summed E-state index contributed by atoms with van der Waals surface area (Å²) >= 11 is 0. The Balaban J connectivity index is 1.21. The molecule has 1 heterocycles. The van der Waals surface area contributed by atoms with Crippen molar-refractivity contribution in [1.29, 1.82) is 0 Å². The van der Waals surface area contributed by atoms with E-state index in [1.165, 1.54) is 67.5 Å². The van der Waals surface area contributed by atoms with Crippen LogP contribution >= 0.6 is 0 Å². The lowest BCUT2D eigenvalue weighted by Gasteiger charge is -2.19. The molecule has 276 valence electrons. The third-order valence-electron chi connectivity index (χ3n) is 8.58. The molecule has 3 amide bonds. The molecule has 0 radical (unpaired) electrons. The van der Waals surface area contributed by atoms with Gasteiger partial charge in [0.2, 0.25) is 5.91 Å². The molecule has 13 heteroatoms. The highest BCUT2D eigenvalue weighted by atomic mass is 19.4. The maximum absolute atomic E-state index is 14.1. The first-order chi connectivity index (χ1) is 25.3. The summed E-state index contributed by atoms with van der Waals surface area (Å²) in [5, 5.41) is 2.54. The van der Waals surface area contributed by atoms with E-state index in [9.17, 15) is 37.1 Å². The minimum Gasteiger partial charge on any atom is -0.460 e. The van der Waals surface area contributed by atoms with Gasteiger partial charge < -0.3 is 24.6 Å². The summed E-state index contributed by atoms with van der Waals surface area (Å²) in [5.74, 6) is -2.32. The number of likely N-dealkylation sites (tertiary alicyclic amines) is 1. The first-order valence-electron chi connectivity index (χ1n) is 17.0. The SMILES string of the molecule is CN(C)C(=O)c1cc(CCCC(=O)Oc2ccc(C(=O)OCCN3CCCC3=O)cc2)ccc1NC(=O)c1c(-c2ccccc2)cccc1C(F)(F)F. The summed E-state index contributed by atoms with van der Waals surface area (Å²) in [4.78, 5) is 66.4. The molecule has 0 unspecified atom stereocenters. The summed E-state index contributed by atoms with van der Waals surface area (Å²) in [6.07, 6.45) is -2.81. The van der Waals surface area contributed by atoms with E-state index in [-0.39, 0.29) is 47.1 Å². The Morgan fingerprint density at radius 3 is 2.30 bits per heavy atom. The standard InChI is InChI=1S/C40H38F3N3O7/c1-45(2)38(50)31-25-26(9-6-15-35(48)53-29-19-17-28(18-20-29)39(51)52-24-23-46-22-8-14-34(46)47)16-21-33(31)44-37(49)36-30(27-10-4-3-5-11-27)12-7-13-32(36)40(41,42)43/h3-5,7,10-13,16-21,25H,6,8-9,14-15,22-24H2,1-2H3,(H,44,49). The van der Waals surface area contributed by atoms with Gasteiger partial charge in [-0.25, -0.2) is 4.79 Å². The molecular weight excluding hydrogens is 691 g/mol. The van der Waals surface area contributed by atoms with E-state index in [1.54, 1.807) is 41.3 Å². The average Bonchev–Trinajstić information content (AvgIpc) is 3.55. The van der Waals surface area contributed by atoms with Crippen LogP contribution in [0.1, 0.15) is 67.9 Å². The van der Waals surface area contributed by atoms with E-state index in [0.29, 0.717) is 43.5 Å². The van der Waals surface area contributed by atoms with Crippen molar-refractivity contribution in [2.75, 3.05) is 39.1 Å². The van der Waals surface area contributed by atoms with Crippen LogP contribution in [0.5, 0.6) is 5.75 Å². The fraction of sp³-hybridized carbons (Fsp3) is 0.275. The monoisotopic (exact) mass is 729 g/mol. The molecule has 1 saturated heterocycles. The number of ether oxygens (including phenoxy) is 2. The lowest BCUT2D eigenvalue weighted by Crippen LogP contribution is -2.29. The second kappa shape index (κ2) is 17.0. The van der Waals surface area contributed by atoms with E-state index in [0.717, 1.165) is 12.5 Å². The molecule has 4 aromatic carbocycles. The number of nitrogens with one attached hydrogen (secondary N) is 1. The Hall–Kier alpha value is -5.98. The van der Waals surface area contributed by atoms with Crippen molar-refractivity contribution in [3.63, 3.8) is 0 Å².